The summed E-state index contributed by atoms with van der Waals surface area (Å²) in [6.45, 7) is 0. The van der Waals surface area contributed by atoms with Crippen LogP contribution in [0.3, 0.4) is 0 Å². The van der Waals surface area contributed by atoms with Crippen molar-refractivity contribution in [2.45, 2.75) is 38.0 Å². The van der Waals surface area contributed by atoms with Crippen LogP contribution in [0.2, 0.25) is 0 Å². The minimum atomic E-state index is -0.378. The zero-order valence-electron chi connectivity index (χ0n) is 12.8. The predicted molar refractivity (Wildman–Crippen MR) is 95.5 cm³/mol. The third kappa shape index (κ3) is 3.72. The summed E-state index contributed by atoms with van der Waals surface area (Å²) < 4.78 is 0.820. The molecule has 0 saturated heterocycles. The molecule has 0 radical (unpaired) electrons. The lowest BCUT2D eigenvalue weighted by molar-refractivity contribution is -0.483. The molecule has 0 atom stereocenters. The molecule has 1 aliphatic rings. The number of nitro groups is 1. The molecule has 1 saturated carbocycles. The number of benzene rings is 2. The highest BCUT2D eigenvalue weighted by Crippen LogP contribution is 2.34. The van der Waals surface area contributed by atoms with E-state index in [1.807, 2.05) is 30.3 Å². The van der Waals surface area contributed by atoms with Gasteiger partial charge in [-0.05, 0) is 54.7 Å². The van der Waals surface area contributed by atoms with Crippen molar-refractivity contribution in [3.63, 3.8) is 0 Å². The van der Waals surface area contributed by atoms with Crippen molar-refractivity contribution in [1.29, 1.82) is 0 Å². The fourth-order valence-corrected chi connectivity index (χ4v) is 3.66. The number of nitrogens with zero attached hydrogens (tertiary/aromatic N) is 2. The Morgan fingerprint density at radius 2 is 1.70 bits per heavy atom. The van der Waals surface area contributed by atoms with E-state index in [1.165, 1.54) is 37.7 Å². The lowest BCUT2D eigenvalue weighted by Gasteiger charge is -2.22. The highest BCUT2D eigenvalue weighted by Gasteiger charge is 2.21. The first-order valence-electron chi connectivity index (χ1n) is 7.95. The minimum absolute atomic E-state index is 0.378. The van der Waals surface area contributed by atoms with Gasteiger partial charge in [-0.15, -0.1) is 0 Å². The van der Waals surface area contributed by atoms with Gasteiger partial charge in [-0.2, -0.15) is 0 Å². The van der Waals surface area contributed by atoms with E-state index in [0.717, 1.165) is 9.48 Å². The summed E-state index contributed by atoms with van der Waals surface area (Å²) in [4.78, 5) is 11.5. The Hall–Kier alpha value is -1.88. The Kier molecular flexibility index (Phi) is 4.96. The van der Waals surface area contributed by atoms with Crippen LogP contribution in [0.5, 0.6) is 0 Å². The standard InChI is InChI=1S/C18H19BrN2O2/c19-16-7-4-8-18(13-16)20(21(22)23)17-11-9-15(10-12-17)14-5-2-1-3-6-14/h4,7-14H,1-3,5-6H2. The van der Waals surface area contributed by atoms with Gasteiger partial charge in [-0.1, -0.05) is 58.4 Å². The van der Waals surface area contributed by atoms with Gasteiger partial charge >= 0.3 is 0 Å². The van der Waals surface area contributed by atoms with Gasteiger partial charge in [-0.3, -0.25) is 0 Å². The predicted octanol–water partition coefficient (Wildman–Crippen LogP) is 5.83. The van der Waals surface area contributed by atoms with Crippen LogP contribution >= 0.6 is 15.9 Å². The summed E-state index contributed by atoms with van der Waals surface area (Å²) in [7, 11) is 0. The van der Waals surface area contributed by atoms with Gasteiger partial charge < -0.3 is 0 Å². The lowest BCUT2D eigenvalue weighted by Crippen LogP contribution is -2.24. The van der Waals surface area contributed by atoms with Gasteiger partial charge in [0.25, 0.3) is 0 Å². The Bertz CT molecular complexity index is 682. The molecule has 0 spiro atoms. The minimum Gasteiger partial charge on any atom is -0.234 e. The maximum absolute atomic E-state index is 11.5. The van der Waals surface area contributed by atoms with Crippen LogP contribution in [0.1, 0.15) is 43.6 Å². The average Bonchev–Trinajstić information content (AvgIpc) is 2.56. The first-order chi connectivity index (χ1) is 11.1. The van der Waals surface area contributed by atoms with Crippen LogP contribution in [-0.4, -0.2) is 5.03 Å². The molecule has 0 unspecified atom stereocenters. The van der Waals surface area contributed by atoms with Crippen LogP contribution in [0.25, 0.3) is 0 Å². The van der Waals surface area contributed by atoms with Gasteiger partial charge in [-0.25, -0.2) is 10.1 Å². The number of hydrazine groups is 1. The monoisotopic (exact) mass is 374 g/mol. The summed E-state index contributed by atoms with van der Waals surface area (Å²) in [6, 6.07) is 14.9. The molecule has 1 aliphatic carbocycles. The van der Waals surface area contributed by atoms with E-state index < -0.39 is 0 Å². The average molecular weight is 375 g/mol. The zero-order chi connectivity index (χ0) is 16.2. The second-order valence-corrected chi connectivity index (χ2v) is 6.87. The molecule has 1 fully saturated rings. The SMILES string of the molecule is O=[N+]([O-])N(c1ccc(C2CCCCC2)cc1)c1cccc(Br)c1. The first kappa shape index (κ1) is 16.0. The van der Waals surface area contributed by atoms with Crippen LogP contribution in [0.4, 0.5) is 11.4 Å². The van der Waals surface area contributed by atoms with E-state index >= 15 is 0 Å². The molecule has 3 rings (SSSR count). The van der Waals surface area contributed by atoms with Crippen molar-refractivity contribution < 1.29 is 5.03 Å². The third-order valence-corrected chi connectivity index (χ3v) is 4.92. The van der Waals surface area contributed by atoms with Gasteiger partial charge in [0, 0.05) is 4.47 Å². The second kappa shape index (κ2) is 7.13. The van der Waals surface area contributed by atoms with Crippen LogP contribution in [-0.2, 0) is 0 Å². The topological polar surface area (TPSA) is 46.4 Å². The molecule has 4 nitrogen and oxygen atoms in total. The molecule has 0 amide bonds. The van der Waals surface area contributed by atoms with E-state index in [0.29, 0.717) is 17.3 Å². The van der Waals surface area contributed by atoms with Crippen LogP contribution < -0.4 is 5.01 Å². The normalized spacial score (nSPS) is 15.3. The number of hydrogen-bond donors (Lipinski definition) is 0. The Balaban J connectivity index is 1.87. The van der Waals surface area contributed by atoms with Crippen molar-refractivity contribution >= 4 is 27.3 Å². The van der Waals surface area contributed by atoms with Crippen molar-refractivity contribution in [3.05, 3.63) is 68.7 Å². The Labute approximate surface area is 144 Å². The van der Waals surface area contributed by atoms with E-state index in [9.17, 15) is 10.1 Å². The molecule has 0 N–H and O–H groups in total. The lowest BCUT2D eigenvalue weighted by atomic mass is 9.84. The maximum atomic E-state index is 11.5. The van der Waals surface area contributed by atoms with Crippen LogP contribution in [0.15, 0.2) is 53.0 Å². The molecule has 120 valence electrons. The molecule has 0 aromatic heterocycles. The molecular formula is C18H19BrN2O2. The fourth-order valence-electron chi connectivity index (χ4n) is 3.27. The number of anilines is 2. The van der Waals surface area contributed by atoms with Crippen molar-refractivity contribution in [2.75, 3.05) is 5.01 Å². The van der Waals surface area contributed by atoms with Crippen molar-refractivity contribution in [1.82, 2.24) is 0 Å². The molecule has 23 heavy (non-hydrogen) atoms. The second-order valence-electron chi connectivity index (χ2n) is 5.96. The Morgan fingerprint density at radius 3 is 2.30 bits per heavy atom. The molecular weight excluding hydrogens is 356 g/mol. The van der Waals surface area contributed by atoms with E-state index in [4.69, 9.17) is 0 Å². The Morgan fingerprint density at radius 1 is 1.00 bits per heavy atom. The van der Waals surface area contributed by atoms with E-state index in [2.05, 4.69) is 15.9 Å². The van der Waals surface area contributed by atoms with Gasteiger partial charge in [0.05, 0.1) is 0 Å². The molecule has 2 aromatic rings. The number of rotatable bonds is 4. The van der Waals surface area contributed by atoms with Crippen molar-refractivity contribution in [2.24, 2.45) is 0 Å². The zero-order valence-corrected chi connectivity index (χ0v) is 14.4. The first-order valence-corrected chi connectivity index (χ1v) is 8.74. The van der Waals surface area contributed by atoms with Gasteiger partial charge in [0.1, 0.15) is 11.4 Å². The number of halogens is 1. The van der Waals surface area contributed by atoms with Crippen molar-refractivity contribution in [3.8, 4) is 0 Å². The molecule has 0 aliphatic heterocycles. The quantitative estimate of drug-likeness (QED) is 0.499. The fraction of sp³-hybridized carbons (Fsp3) is 0.333. The van der Waals surface area contributed by atoms with Crippen LogP contribution in [0, 0.1) is 10.1 Å². The molecule has 0 bridgehead atoms. The molecule has 5 heteroatoms. The third-order valence-electron chi connectivity index (χ3n) is 4.43. The largest absolute Gasteiger partial charge is 0.234 e. The highest BCUT2D eigenvalue weighted by molar-refractivity contribution is 9.10. The highest BCUT2D eigenvalue weighted by atomic mass is 79.9. The number of hydrogen-bond acceptors (Lipinski definition) is 2. The summed E-state index contributed by atoms with van der Waals surface area (Å²) in [5.41, 5.74) is 2.41. The summed E-state index contributed by atoms with van der Waals surface area (Å²) in [5.74, 6) is 0.604. The maximum Gasteiger partial charge on any atom is 0.170 e. The molecule has 0 heterocycles. The smallest absolute Gasteiger partial charge is 0.170 e. The van der Waals surface area contributed by atoms with E-state index in [-0.39, 0.29) is 5.03 Å². The van der Waals surface area contributed by atoms with E-state index in [1.54, 1.807) is 18.2 Å². The van der Waals surface area contributed by atoms with Gasteiger partial charge in [0.2, 0.25) is 0 Å². The summed E-state index contributed by atoms with van der Waals surface area (Å²) in [6.07, 6.45) is 6.34. The molecule has 2 aromatic carbocycles. The summed E-state index contributed by atoms with van der Waals surface area (Å²) in [5, 5.41) is 12.3. The van der Waals surface area contributed by atoms with Gasteiger partial charge in [0.15, 0.2) is 5.03 Å². The summed E-state index contributed by atoms with van der Waals surface area (Å²) >= 11 is 3.37.